The van der Waals surface area contributed by atoms with Crippen molar-refractivity contribution < 1.29 is 16.8 Å². The molecule has 1 heterocycles. The summed E-state index contributed by atoms with van der Waals surface area (Å²) in [7, 11) is -4.36. The van der Waals surface area contributed by atoms with Crippen LogP contribution in [0.15, 0.2) is 54.1 Å². The highest BCUT2D eigenvalue weighted by Gasteiger charge is 2.23. The van der Waals surface area contributed by atoms with Crippen LogP contribution < -0.4 is 0 Å². The van der Waals surface area contributed by atoms with Crippen LogP contribution in [0.3, 0.4) is 0 Å². The van der Waals surface area contributed by atoms with Gasteiger partial charge in [-0.25, -0.2) is 8.42 Å². The van der Waals surface area contributed by atoms with Gasteiger partial charge in [-0.05, 0) is 31.2 Å². The number of thiophene rings is 1. The van der Waals surface area contributed by atoms with Crippen molar-refractivity contribution in [2.75, 3.05) is 14.1 Å². The Morgan fingerprint density at radius 1 is 0.957 bits per heavy atom. The lowest BCUT2D eigenvalue weighted by molar-refractivity contribution is 0.596. The van der Waals surface area contributed by atoms with Crippen LogP contribution in [0.4, 0.5) is 0 Å². The van der Waals surface area contributed by atoms with Crippen molar-refractivity contribution in [3.63, 3.8) is 0 Å². The van der Waals surface area contributed by atoms with E-state index in [2.05, 4.69) is 4.40 Å². The monoisotopic (exact) mass is 372 g/mol. The minimum absolute atomic E-state index is 0.0278. The second kappa shape index (κ2) is 6.42. The number of sulfone groups is 1. The molecule has 6 nitrogen and oxygen atoms in total. The largest absolute Gasteiger partial charge is 0.368 e. The first-order valence-corrected chi connectivity index (χ1v) is 10.3. The molecule has 0 saturated carbocycles. The van der Waals surface area contributed by atoms with Gasteiger partial charge in [-0.2, -0.15) is 8.42 Å². The summed E-state index contributed by atoms with van der Waals surface area (Å²) in [5, 5.41) is 0. The van der Waals surface area contributed by atoms with E-state index in [1.54, 1.807) is 26.2 Å². The van der Waals surface area contributed by atoms with Gasteiger partial charge in [0.1, 0.15) is 14.8 Å². The molecule has 9 heteroatoms. The smallest absolute Gasteiger partial charge is 0.293 e. The zero-order chi connectivity index (χ0) is 17.3. The van der Waals surface area contributed by atoms with E-state index in [1.807, 2.05) is 6.92 Å². The van der Waals surface area contributed by atoms with Crippen LogP contribution in [0, 0.1) is 6.92 Å². The summed E-state index contributed by atoms with van der Waals surface area (Å²) in [5.41, 5.74) is 0.941. The fourth-order valence-corrected chi connectivity index (χ4v) is 5.70. The Hall–Kier alpha value is -1.71. The molecule has 2 rings (SSSR count). The maximum absolute atomic E-state index is 12.5. The van der Waals surface area contributed by atoms with Crippen LogP contribution in [0.25, 0.3) is 0 Å². The molecule has 23 heavy (non-hydrogen) atoms. The van der Waals surface area contributed by atoms with Crippen molar-refractivity contribution in [1.82, 2.24) is 4.90 Å². The van der Waals surface area contributed by atoms with E-state index in [9.17, 15) is 16.8 Å². The molecular weight excluding hydrogens is 356 g/mol. The Morgan fingerprint density at radius 2 is 1.52 bits per heavy atom. The molecule has 0 aliphatic heterocycles. The summed E-state index contributed by atoms with van der Waals surface area (Å²) in [6.07, 6.45) is 1.16. The molecule has 0 saturated heterocycles. The molecule has 0 atom stereocenters. The quantitative estimate of drug-likeness (QED) is 0.593. The van der Waals surface area contributed by atoms with Crippen molar-refractivity contribution in [2.45, 2.75) is 20.2 Å². The van der Waals surface area contributed by atoms with Gasteiger partial charge in [-0.3, -0.25) is 0 Å². The van der Waals surface area contributed by atoms with Crippen molar-refractivity contribution >= 4 is 37.5 Å². The first kappa shape index (κ1) is 17.6. The van der Waals surface area contributed by atoms with Gasteiger partial charge in [-0.15, -0.1) is 15.7 Å². The Kier molecular flexibility index (Phi) is 4.92. The van der Waals surface area contributed by atoms with E-state index in [0.29, 0.717) is 11.3 Å². The number of benzene rings is 1. The first-order chi connectivity index (χ1) is 10.6. The summed E-state index contributed by atoms with van der Waals surface area (Å²) >= 11 is 0.689. The van der Waals surface area contributed by atoms with Crippen LogP contribution in [0.2, 0.25) is 0 Å². The van der Waals surface area contributed by atoms with Crippen molar-refractivity contribution in [1.29, 1.82) is 0 Å². The predicted molar refractivity (Wildman–Crippen MR) is 90.3 cm³/mol. The van der Waals surface area contributed by atoms with E-state index >= 15 is 0 Å². The van der Waals surface area contributed by atoms with Crippen LogP contribution in [-0.4, -0.2) is 42.2 Å². The highest BCUT2D eigenvalue weighted by Crippen LogP contribution is 2.31. The van der Waals surface area contributed by atoms with E-state index < -0.39 is 19.9 Å². The number of hydrogen-bond donors (Lipinski definition) is 0. The molecule has 0 aliphatic rings. The highest BCUT2D eigenvalue weighted by atomic mass is 32.3. The third-order valence-electron chi connectivity index (χ3n) is 2.82. The number of hydrogen-bond acceptors (Lipinski definition) is 5. The van der Waals surface area contributed by atoms with Gasteiger partial charge in [0.15, 0.2) is 0 Å². The lowest BCUT2D eigenvalue weighted by atomic mass is 10.2. The SMILES string of the molecule is Cc1ccc(S(=O)(=O)c2ccc(S(=O)(=O)N=CN(C)C)s2)cc1. The summed E-state index contributed by atoms with van der Waals surface area (Å²) in [6.45, 7) is 1.86. The molecule has 1 aromatic heterocycles. The first-order valence-electron chi connectivity index (χ1n) is 6.51. The molecule has 0 bridgehead atoms. The molecule has 2 aromatic rings. The molecule has 0 N–H and O–H groups in total. The van der Waals surface area contributed by atoms with Gasteiger partial charge in [0.25, 0.3) is 10.0 Å². The molecule has 0 spiro atoms. The zero-order valence-electron chi connectivity index (χ0n) is 12.8. The maximum Gasteiger partial charge on any atom is 0.293 e. The summed E-state index contributed by atoms with van der Waals surface area (Å²) in [4.78, 5) is 1.61. The second-order valence-corrected chi connectivity index (χ2v) is 10.2. The number of sulfonamides is 1. The molecule has 0 unspecified atom stereocenters. The minimum atomic E-state index is -3.90. The molecule has 0 fully saturated rings. The van der Waals surface area contributed by atoms with Gasteiger partial charge < -0.3 is 4.90 Å². The van der Waals surface area contributed by atoms with Gasteiger partial charge >= 0.3 is 0 Å². The highest BCUT2D eigenvalue weighted by molar-refractivity contribution is 7.95. The number of aryl methyl sites for hydroxylation is 1. The third kappa shape index (κ3) is 3.98. The molecule has 0 aliphatic carbocycles. The van der Waals surface area contributed by atoms with E-state index in [1.165, 1.54) is 29.2 Å². The van der Waals surface area contributed by atoms with Crippen molar-refractivity contribution in [2.24, 2.45) is 4.40 Å². The van der Waals surface area contributed by atoms with Gasteiger partial charge in [0.05, 0.1) is 4.90 Å². The van der Waals surface area contributed by atoms with Gasteiger partial charge in [0, 0.05) is 14.1 Å². The Labute approximate surface area is 140 Å². The van der Waals surface area contributed by atoms with Crippen molar-refractivity contribution in [3.8, 4) is 0 Å². The fourth-order valence-electron chi connectivity index (χ4n) is 1.63. The van der Waals surface area contributed by atoms with Gasteiger partial charge in [0.2, 0.25) is 9.84 Å². The fraction of sp³-hybridized carbons (Fsp3) is 0.214. The molecule has 124 valence electrons. The lowest BCUT2D eigenvalue weighted by Gasteiger charge is -2.02. The average molecular weight is 372 g/mol. The normalized spacial score (nSPS) is 12.7. The Bertz CT molecular complexity index is 925. The minimum Gasteiger partial charge on any atom is -0.368 e. The molecule has 0 radical (unpaired) electrons. The van der Waals surface area contributed by atoms with E-state index in [0.717, 1.165) is 11.9 Å². The van der Waals surface area contributed by atoms with Crippen LogP contribution >= 0.6 is 11.3 Å². The van der Waals surface area contributed by atoms with E-state index in [4.69, 9.17) is 0 Å². The average Bonchev–Trinajstić information content (AvgIpc) is 2.97. The zero-order valence-corrected chi connectivity index (χ0v) is 15.2. The maximum atomic E-state index is 12.5. The Balaban J connectivity index is 2.41. The lowest BCUT2D eigenvalue weighted by Crippen LogP contribution is -2.09. The topological polar surface area (TPSA) is 83.9 Å². The van der Waals surface area contributed by atoms with Crippen LogP contribution in [0.5, 0.6) is 0 Å². The third-order valence-corrected chi connectivity index (χ3v) is 7.86. The molecular formula is C14H16N2O4S3. The van der Waals surface area contributed by atoms with E-state index in [-0.39, 0.29) is 13.3 Å². The predicted octanol–water partition coefficient (Wildman–Crippen LogP) is 2.17. The van der Waals surface area contributed by atoms with Crippen molar-refractivity contribution in [3.05, 3.63) is 42.0 Å². The van der Waals surface area contributed by atoms with Crippen LogP contribution in [-0.2, 0) is 19.9 Å². The Morgan fingerprint density at radius 3 is 2.09 bits per heavy atom. The number of nitrogens with zero attached hydrogens (tertiary/aromatic N) is 2. The van der Waals surface area contributed by atoms with Crippen LogP contribution in [0.1, 0.15) is 5.56 Å². The standard InChI is InChI=1S/C14H16N2O4S3/c1-11-4-6-12(7-5-11)22(17,18)13-8-9-14(21-13)23(19,20)15-10-16(2)3/h4-10H,1-3H3. The summed E-state index contributed by atoms with van der Waals surface area (Å²) in [5.74, 6) is 0. The summed E-state index contributed by atoms with van der Waals surface area (Å²) in [6, 6.07) is 8.94. The molecule has 0 amide bonds. The molecule has 1 aromatic carbocycles. The second-order valence-electron chi connectivity index (χ2n) is 5.05. The number of rotatable bonds is 5. The van der Waals surface area contributed by atoms with Gasteiger partial charge in [-0.1, -0.05) is 17.7 Å². The summed E-state index contributed by atoms with van der Waals surface area (Å²) < 4.78 is 52.5.